The molecule has 1 aromatic rings. The van der Waals surface area contributed by atoms with Crippen molar-refractivity contribution in [2.45, 2.75) is 46.1 Å². The lowest BCUT2D eigenvalue weighted by molar-refractivity contribution is -0.488. The van der Waals surface area contributed by atoms with Crippen LogP contribution >= 0.6 is 0 Å². The smallest absolute Gasteiger partial charge is 0.207 e. The summed E-state index contributed by atoms with van der Waals surface area (Å²) in [5.74, 6) is -0.141. The van der Waals surface area contributed by atoms with Gasteiger partial charge in [-0.25, -0.2) is 0 Å². The third-order valence-electron chi connectivity index (χ3n) is 3.45. The Kier molecular flexibility index (Phi) is 8.02. The van der Waals surface area contributed by atoms with Crippen LogP contribution in [0.5, 0.6) is 0 Å². The minimum absolute atomic E-state index is 0.0453. The number of benzene rings is 1. The number of hydrogen-bond acceptors (Lipinski definition) is 4. The van der Waals surface area contributed by atoms with Crippen LogP contribution in [0.25, 0.3) is 0 Å². The average Bonchev–Trinajstić information content (AvgIpc) is 2.44. The molecule has 1 N–H and O–H groups in total. The molecule has 0 amide bonds. The number of carbonyl (C=O) groups excluding carboxylic acids is 1. The SMILES string of the molecule is CC(=O)/C=C(/CC(CCc1ccccc1)C[N+](=O)[O-])NC(C)C. The fourth-order valence-corrected chi connectivity index (χ4v) is 2.57. The van der Waals surface area contributed by atoms with Crippen molar-refractivity contribution in [3.05, 3.63) is 57.8 Å². The van der Waals surface area contributed by atoms with Crippen LogP contribution in [0.2, 0.25) is 0 Å². The maximum absolute atomic E-state index is 11.4. The molecule has 0 saturated carbocycles. The van der Waals surface area contributed by atoms with Gasteiger partial charge in [0.2, 0.25) is 6.54 Å². The van der Waals surface area contributed by atoms with Crippen LogP contribution in [0.4, 0.5) is 0 Å². The van der Waals surface area contributed by atoms with Crippen molar-refractivity contribution in [2.75, 3.05) is 6.54 Å². The molecule has 0 saturated heterocycles. The fraction of sp³-hybridized carbons (Fsp3) is 0.500. The summed E-state index contributed by atoms with van der Waals surface area (Å²) >= 11 is 0. The van der Waals surface area contributed by atoms with Gasteiger partial charge in [-0.1, -0.05) is 30.3 Å². The average molecular weight is 318 g/mol. The summed E-state index contributed by atoms with van der Waals surface area (Å²) in [6.07, 6.45) is 3.59. The molecule has 0 bridgehead atoms. The highest BCUT2D eigenvalue weighted by Crippen LogP contribution is 2.18. The third kappa shape index (κ3) is 8.76. The lowest BCUT2D eigenvalue weighted by Crippen LogP contribution is -2.26. The normalized spacial score (nSPS) is 13.0. The predicted molar refractivity (Wildman–Crippen MR) is 91.8 cm³/mol. The van der Waals surface area contributed by atoms with Crippen molar-refractivity contribution in [1.82, 2.24) is 5.32 Å². The van der Waals surface area contributed by atoms with Gasteiger partial charge in [0.15, 0.2) is 5.78 Å². The van der Waals surface area contributed by atoms with E-state index in [2.05, 4.69) is 5.32 Å². The summed E-state index contributed by atoms with van der Waals surface area (Å²) in [6, 6.07) is 10.1. The van der Waals surface area contributed by atoms with E-state index in [1.807, 2.05) is 44.2 Å². The molecule has 0 aliphatic carbocycles. The fourth-order valence-electron chi connectivity index (χ4n) is 2.57. The second kappa shape index (κ2) is 9.77. The molecule has 0 aliphatic rings. The quantitative estimate of drug-likeness (QED) is 0.408. The van der Waals surface area contributed by atoms with E-state index < -0.39 is 0 Å². The first-order chi connectivity index (χ1) is 10.9. The van der Waals surface area contributed by atoms with Gasteiger partial charge in [-0.3, -0.25) is 14.9 Å². The maximum atomic E-state index is 11.4. The van der Waals surface area contributed by atoms with Crippen LogP contribution < -0.4 is 5.32 Å². The first-order valence-corrected chi connectivity index (χ1v) is 8.00. The first kappa shape index (κ1) is 18.9. The first-order valence-electron chi connectivity index (χ1n) is 8.00. The summed E-state index contributed by atoms with van der Waals surface area (Å²) < 4.78 is 0. The van der Waals surface area contributed by atoms with Gasteiger partial charge in [-0.05, 0) is 51.7 Å². The van der Waals surface area contributed by atoms with E-state index in [0.717, 1.165) is 18.5 Å². The van der Waals surface area contributed by atoms with Crippen LogP contribution in [0.1, 0.15) is 39.2 Å². The van der Waals surface area contributed by atoms with Gasteiger partial charge >= 0.3 is 0 Å². The van der Waals surface area contributed by atoms with Crippen molar-refractivity contribution < 1.29 is 9.72 Å². The minimum atomic E-state index is -0.267. The molecular formula is C18H26N2O3. The van der Waals surface area contributed by atoms with Gasteiger partial charge in [-0.15, -0.1) is 0 Å². The summed E-state index contributed by atoms with van der Waals surface area (Å²) in [6.45, 7) is 5.39. The van der Waals surface area contributed by atoms with Crippen molar-refractivity contribution in [1.29, 1.82) is 0 Å². The Morgan fingerprint density at radius 3 is 2.48 bits per heavy atom. The summed E-state index contributed by atoms with van der Waals surface area (Å²) in [5, 5.41) is 14.2. The molecule has 1 aromatic carbocycles. The summed E-state index contributed by atoms with van der Waals surface area (Å²) in [7, 11) is 0. The molecule has 126 valence electrons. The number of nitro groups is 1. The number of nitrogens with zero attached hydrogens (tertiary/aromatic N) is 1. The van der Waals surface area contributed by atoms with Gasteiger partial charge < -0.3 is 5.32 Å². The van der Waals surface area contributed by atoms with Crippen LogP contribution in [0.3, 0.4) is 0 Å². The Balaban J connectivity index is 2.74. The van der Waals surface area contributed by atoms with E-state index >= 15 is 0 Å². The zero-order chi connectivity index (χ0) is 17.2. The molecule has 0 spiro atoms. The molecule has 1 unspecified atom stereocenters. The summed E-state index contributed by atoms with van der Waals surface area (Å²) in [5.41, 5.74) is 1.96. The van der Waals surface area contributed by atoms with Gasteiger partial charge in [0, 0.05) is 22.6 Å². The van der Waals surface area contributed by atoms with Crippen LogP contribution in [-0.2, 0) is 11.2 Å². The molecule has 0 fully saturated rings. The van der Waals surface area contributed by atoms with E-state index in [1.54, 1.807) is 6.08 Å². The maximum Gasteiger partial charge on any atom is 0.207 e. The second-order valence-corrected chi connectivity index (χ2v) is 6.19. The standard InChI is InChI=1S/C18H26N2O3/c1-14(2)19-18(11-15(3)21)12-17(13-20(22)23)10-9-16-7-5-4-6-8-16/h4-8,11,14,17,19H,9-10,12-13H2,1-3H3/b18-11-. The number of allylic oxidation sites excluding steroid dienone is 2. The van der Waals surface area contributed by atoms with Crippen molar-refractivity contribution in [3.8, 4) is 0 Å². The number of aryl methyl sites for hydroxylation is 1. The number of carbonyl (C=O) groups is 1. The molecule has 0 aromatic heterocycles. The largest absolute Gasteiger partial charge is 0.386 e. The highest BCUT2D eigenvalue weighted by molar-refractivity contribution is 5.87. The topological polar surface area (TPSA) is 72.2 Å². The molecule has 23 heavy (non-hydrogen) atoms. The molecule has 0 radical (unpaired) electrons. The van der Waals surface area contributed by atoms with Crippen LogP contribution in [-0.4, -0.2) is 23.3 Å². The van der Waals surface area contributed by atoms with Gasteiger partial charge in [0.1, 0.15) is 0 Å². The lowest BCUT2D eigenvalue weighted by atomic mass is 9.94. The Hall–Kier alpha value is -2.17. The molecular weight excluding hydrogens is 292 g/mol. The third-order valence-corrected chi connectivity index (χ3v) is 3.45. The minimum Gasteiger partial charge on any atom is -0.386 e. The number of nitrogens with one attached hydrogen (secondary N) is 1. The van der Waals surface area contributed by atoms with E-state index in [-0.39, 0.29) is 29.2 Å². The highest BCUT2D eigenvalue weighted by atomic mass is 16.6. The van der Waals surface area contributed by atoms with Gasteiger partial charge in [0.05, 0.1) is 0 Å². The van der Waals surface area contributed by atoms with E-state index in [0.29, 0.717) is 6.42 Å². The molecule has 5 nitrogen and oxygen atoms in total. The predicted octanol–water partition coefficient (Wildman–Crippen LogP) is 3.37. The Labute approximate surface area is 137 Å². The molecule has 1 atom stereocenters. The highest BCUT2D eigenvalue weighted by Gasteiger charge is 2.18. The Morgan fingerprint density at radius 1 is 1.30 bits per heavy atom. The van der Waals surface area contributed by atoms with Crippen LogP contribution in [0.15, 0.2) is 42.1 Å². The van der Waals surface area contributed by atoms with Crippen molar-refractivity contribution >= 4 is 5.78 Å². The molecule has 1 rings (SSSR count). The lowest BCUT2D eigenvalue weighted by Gasteiger charge is -2.19. The monoisotopic (exact) mass is 318 g/mol. The number of hydrogen-bond donors (Lipinski definition) is 1. The molecule has 0 aliphatic heterocycles. The van der Waals surface area contributed by atoms with E-state index in [9.17, 15) is 14.9 Å². The Morgan fingerprint density at radius 2 is 1.96 bits per heavy atom. The summed E-state index contributed by atoms with van der Waals surface area (Å²) in [4.78, 5) is 22.0. The zero-order valence-corrected chi connectivity index (χ0v) is 14.1. The van der Waals surface area contributed by atoms with Crippen LogP contribution in [0, 0.1) is 16.0 Å². The molecule has 5 heteroatoms. The van der Waals surface area contributed by atoms with Crippen molar-refractivity contribution in [3.63, 3.8) is 0 Å². The zero-order valence-electron chi connectivity index (χ0n) is 14.1. The molecule has 0 heterocycles. The van der Waals surface area contributed by atoms with Crippen molar-refractivity contribution in [2.24, 2.45) is 5.92 Å². The van der Waals surface area contributed by atoms with E-state index in [1.165, 1.54) is 12.5 Å². The Bertz CT molecular complexity index is 538. The van der Waals surface area contributed by atoms with E-state index in [4.69, 9.17) is 0 Å². The van der Waals surface area contributed by atoms with Gasteiger partial charge in [0.25, 0.3) is 0 Å². The van der Waals surface area contributed by atoms with Gasteiger partial charge in [-0.2, -0.15) is 0 Å². The second-order valence-electron chi connectivity index (χ2n) is 6.19. The number of ketones is 1. The number of rotatable bonds is 10.